The van der Waals surface area contributed by atoms with Crippen LogP contribution in [0.15, 0.2) is 58.6 Å². The molecule has 1 amide bonds. The maximum atomic E-state index is 14.3. The highest BCUT2D eigenvalue weighted by molar-refractivity contribution is 7.22. The smallest absolute Gasteiger partial charge is 0.315 e. The molecule has 4 heterocycles. The first-order valence-corrected chi connectivity index (χ1v) is 11.0. The number of rotatable bonds is 5. The summed E-state index contributed by atoms with van der Waals surface area (Å²) in [5, 5.41) is 0.318. The fraction of sp³-hybridized carbons (Fsp3) is 0.182. The van der Waals surface area contributed by atoms with Crippen molar-refractivity contribution in [2.24, 2.45) is 14.1 Å². The van der Waals surface area contributed by atoms with Gasteiger partial charge in [-0.25, -0.2) is 19.2 Å². The lowest BCUT2D eigenvalue weighted by molar-refractivity contribution is -0.119. The van der Waals surface area contributed by atoms with E-state index in [1.807, 2.05) is 6.07 Å². The number of nitrogens with zero attached hydrogens (tertiary/aromatic N) is 7. The van der Waals surface area contributed by atoms with Gasteiger partial charge in [-0.3, -0.25) is 28.6 Å². The molecule has 0 radical (unpaired) electrons. The molecule has 0 N–H and O–H groups in total. The van der Waals surface area contributed by atoms with Crippen molar-refractivity contribution in [3.8, 4) is 0 Å². The van der Waals surface area contributed by atoms with Crippen LogP contribution in [-0.4, -0.2) is 34.6 Å². The van der Waals surface area contributed by atoms with Crippen molar-refractivity contribution in [2.45, 2.75) is 13.1 Å². The van der Waals surface area contributed by atoms with E-state index in [0.29, 0.717) is 9.83 Å². The second-order valence-electron chi connectivity index (χ2n) is 7.67. The standard InChI is InChI=1S/C22H18FN7O3S/c1-27-19-18(20(32)28(2)22(27)33)29(12-25-19)11-16(31)30(10-13-5-4-8-24-9-13)21-26-17-14(23)6-3-7-15(17)34-21/h3-9,12H,10-11H2,1-2H3. The van der Waals surface area contributed by atoms with Crippen molar-refractivity contribution in [1.29, 1.82) is 0 Å². The van der Waals surface area contributed by atoms with Crippen molar-refractivity contribution < 1.29 is 9.18 Å². The number of anilines is 1. The van der Waals surface area contributed by atoms with Crippen LogP contribution in [-0.2, 0) is 32.0 Å². The van der Waals surface area contributed by atoms with Gasteiger partial charge in [0.25, 0.3) is 5.56 Å². The van der Waals surface area contributed by atoms with E-state index in [2.05, 4.69) is 15.0 Å². The number of imidazole rings is 1. The maximum absolute atomic E-state index is 14.3. The molecule has 0 atom stereocenters. The number of carbonyl (C=O) groups excluding carboxylic acids is 1. The number of pyridine rings is 1. The average molecular weight is 479 g/mol. The molecular formula is C22H18FN7O3S. The van der Waals surface area contributed by atoms with E-state index in [1.165, 1.54) is 51.9 Å². The number of hydrogen-bond donors (Lipinski definition) is 0. The third kappa shape index (κ3) is 3.57. The molecule has 0 aliphatic heterocycles. The molecule has 5 rings (SSSR count). The summed E-state index contributed by atoms with van der Waals surface area (Å²) in [5.41, 5.74) is 0.192. The first kappa shape index (κ1) is 21.6. The minimum absolute atomic E-state index is 0.134. The first-order chi connectivity index (χ1) is 16.3. The molecule has 0 aliphatic carbocycles. The van der Waals surface area contributed by atoms with E-state index in [9.17, 15) is 18.8 Å². The van der Waals surface area contributed by atoms with Gasteiger partial charge in [-0.2, -0.15) is 0 Å². The van der Waals surface area contributed by atoms with Crippen molar-refractivity contribution >= 4 is 43.8 Å². The zero-order chi connectivity index (χ0) is 24.0. The molecule has 0 spiro atoms. The third-order valence-corrected chi connectivity index (χ3v) is 6.52. The van der Waals surface area contributed by atoms with Gasteiger partial charge in [-0.15, -0.1) is 0 Å². The lowest BCUT2D eigenvalue weighted by Crippen LogP contribution is -2.38. The molecule has 0 unspecified atom stereocenters. The Kier molecular flexibility index (Phi) is 5.28. The zero-order valence-corrected chi connectivity index (χ0v) is 19.0. The lowest BCUT2D eigenvalue weighted by Gasteiger charge is -2.20. The molecule has 10 nitrogen and oxygen atoms in total. The fourth-order valence-corrected chi connectivity index (χ4v) is 4.70. The summed E-state index contributed by atoms with van der Waals surface area (Å²) in [6.07, 6.45) is 4.61. The Bertz CT molecular complexity index is 1670. The number of carbonyl (C=O) groups is 1. The Morgan fingerprint density at radius 2 is 1.97 bits per heavy atom. The number of aromatic nitrogens is 6. The SMILES string of the molecule is Cn1c(=O)c2c(ncn2CC(=O)N(Cc2cccnc2)c2nc3c(F)cccc3s2)n(C)c1=O. The van der Waals surface area contributed by atoms with Gasteiger partial charge in [-0.1, -0.05) is 23.5 Å². The number of fused-ring (bicyclic) bond motifs is 2. The molecule has 12 heteroatoms. The topological polar surface area (TPSA) is 108 Å². The van der Waals surface area contributed by atoms with Crippen LogP contribution in [0.25, 0.3) is 21.4 Å². The molecule has 5 aromatic rings. The van der Waals surface area contributed by atoms with Gasteiger partial charge in [0, 0.05) is 26.5 Å². The maximum Gasteiger partial charge on any atom is 0.332 e. The molecule has 0 saturated carbocycles. The molecule has 172 valence electrons. The predicted molar refractivity (Wildman–Crippen MR) is 125 cm³/mol. The average Bonchev–Trinajstić information content (AvgIpc) is 3.46. The molecule has 4 aromatic heterocycles. The van der Waals surface area contributed by atoms with Crippen LogP contribution in [0.4, 0.5) is 9.52 Å². The largest absolute Gasteiger partial charge is 0.332 e. The van der Waals surface area contributed by atoms with Gasteiger partial charge in [0.1, 0.15) is 17.9 Å². The number of halogens is 1. The van der Waals surface area contributed by atoms with E-state index >= 15 is 0 Å². The van der Waals surface area contributed by atoms with Crippen molar-refractivity contribution in [2.75, 3.05) is 4.90 Å². The van der Waals surface area contributed by atoms with Crippen LogP contribution in [0, 0.1) is 5.82 Å². The molecular weight excluding hydrogens is 461 g/mol. The molecule has 0 saturated heterocycles. The lowest BCUT2D eigenvalue weighted by atomic mass is 10.2. The second kappa shape index (κ2) is 8.30. The molecule has 0 bridgehead atoms. The van der Waals surface area contributed by atoms with Crippen LogP contribution < -0.4 is 16.1 Å². The van der Waals surface area contributed by atoms with Gasteiger partial charge in [0.15, 0.2) is 16.3 Å². The fourth-order valence-electron chi connectivity index (χ4n) is 3.70. The predicted octanol–water partition coefficient (Wildman–Crippen LogP) is 1.81. The quantitative estimate of drug-likeness (QED) is 0.381. The summed E-state index contributed by atoms with van der Waals surface area (Å²) < 4.78 is 18.5. The first-order valence-electron chi connectivity index (χ1n) is 10.2. The van der Waals surface area contributed by atoms with Gasteiger partial charge >= 0.3 is 5.69 Å². The zero-order valence-electron chi connectivity index (χ0n) is 18.2. The number of aryl methyl sites for hydroxylation is 1. The minimum atomic E-state index is -0.552. The van der Waals surface area contributed by atoms with E-state index in [-0.39, 0.29) is 29.8 Å². The van der Waals surface area contributed by atoms with Crippen molar-refractivity contribution in [1.82, 2.24) is 28.7 Å². The Hall–Kier alpha value is -4.19. The number of thiazole rings is 1. The summed E-state index contributed by atoms with van der Waals surface area (Å²) >= 11 is 1.19. The minimum Gasteiger partial charge on any atom is -0.315 e. The Morgan fingerprint density at radius 3 is 2.71 bits per heavy atom. The summed E-state index contributed by atoms with van der Waals surface area (Å²) in [4.78, 5) is 52.5. The monoisotopic (exact) mass is 479 g/mol. The summed E-state index contributed by atoms with van der Waals surface area (Å²) in [5.74, 6) is -0.864. The number of para-hydroxylation sites is 1. The highest BCUT2D eigenvalue weighted by Crippen LogP contribution is 2.31. The van der Waals surface area contributed by atoms with Crippen LogP contribution in [0.1, 0.15) is 5.56 Å². The van der Waals surface area contributed by atoms with E-state index < -0.39 is 23.0 Å². The summed E-state index contributed by atoms with van der Waals surface area (Å²) in [7, 11) is 2.88. The van der Waals surface area contributed by atoms with Crippen LogP contribution >= 0.6 is 11.3 Å². The summed E-state index contributed by atoms with van der Waals surface area (Å²) in [6, 6.07) is 8.21. The highest BCUT2D eigenvalue weighted by Gasteiger charge is 2.23. The van der Waals surface area contributed by atoms with E-state index in [1.54, 1.807) is 30.6 Å². The van der Waals surface area contributed by atoms with Crippen LogP contribution in [0.5, 0.6) is 0 Å². The molecule has 1 aromatic carbocycles. The third-order valence-electron chi connectivity index (χ3n) is 5.48. The molecule has 0 aliphatic rings. The highest BCUT2D eigenvalue weighted by atomic mass is 32.1. The van der Waals surface area contributed by atoms with Gasteiger partial charge in [-0.05, 0) is 23.8 Å². The van der Waals surface area contributed by atoms with E-state index in [0.717, 1.165) is 10.1 Å². The molecule has 0 fully saturated rings. The normalized spacial score (nSPS) is 11.4. The number of amides is 1. The van der Waals surface area contributed by atoms with E-state index in [4.69, 9.17) is 0 Å². The van der Waals surface area contributed by atoms with Gasteiger partial charge in [0.2, 0.25) is 5.91 Å². The number of benzene rings is 1. The Labute approximate surface area is 195 Å². The number of hydrogen-bond acceptors (Lipinski definition) is 7. The van der Waals surface area contributed by atoms with Crippen LogP contribution in [0.3, 0.4) is 0 Å². The Morgan fingerprint density at radius 1 is 1.15 bits per heavy atom. The summed E-state index contributed by atoms with van der Waals surface area (Å²) in [6.45, 7) is -0.0835. The van der Waals surface area contributed by atoms with Crippen molar-refractivity contribution in [3.63, 3.8) is 0 Å². The van der Waals surface area contributed by atoms with Gasteiger partial charge < -0.3 is 4.57 Å². The molecule has 34 heavy (non-hydrogen) atoms. The Balaban J connectivity index is 1.58. The second-order valence-corrected chi connectivity index (χ2v) is 8.68. The van der Waals surface area contributed by atoms with Crippen LogP contribution in [0.2, 0.25) is 0 Å². The van der Waals surface area contributed by atoms with Crippen molar-refractivity contribution in [3.05, 3.63) is 81.3 Å². The van der Waals surface area contributed by atoms with Gasteiger partial charge in [0.05, 0.1) is 17.6 Å².